The molecule has 0 saturated carbocycles. The van der Waals surface area contributed by atoms with Crippen LogP contribution in [0, 0.1) is 0 Å². The van der Waals surface area contributed by atoms with Gasteiger partial charge >= 0.3 is 0 Å². The van der Waals surface area contributed by atoms with Crippen LogP contribution in [0.2, 0.25) is 0 Å². The van der Waals surface area contributed by atoms with Gasteiger partial charge in [0.15, 0.2) is 0 Å². The van der Waals surface area contributed by atoms with Gasteiger partial charge in [-0.1, -0.05) is 37.3 Å². The summed E-state index contributed by atoms with van der Waals surface area (Å²) in [5.41, 5.74) is 5.67. The molecule has 1 aromatic heterocycles. The fraction of sp³-hybridized carbons (Fsp3) is 0.375. The number of aromatic nitrogens is 1. The minimum absolute atomic E-state index is 0.511. The van der Waals surface area contributed by atoms with Crippen molar-refractivity contribution in [3.05, 3.63) is 58.9 Å². The monoisotopic (exact) mass is 240 g/mol. The summed E-state index contributed by atoms with van der Waals surface area (Å²) < 4.78 is 0. The van der Waals surface area contributed by atoms with Crippen molar-refractivity contribution in [2.24, 2.45) is 0 Å². The smallest absolute Gasteiger partial charge is 0.0385 e. The third kappa shape index (κ3) is 1.97. The molecule has 0 amide bonds. The lowest BCUT2D eigenvalue weighted by Crippen LogP contribution is -2.30. The van der Waals surface area contributed by atoms with E-state index < -0.39 is 0 Å². The number of rotatable bonds is 2. The Bertz CT molecular complexity index is 527. The summed E-state index contributed by atoms with van der Waals surface area (Å²) in [6.07, 6.45) is 1.08. The van der Waals surface area contributed by atoms with Crippen LogP contribution in [0.3, 0.4) is 0 Å². The van der Waals surface area contributed by atoms with Gasteiger partial charge in [-0.15, -0.1) is 0 Å². The summed E-state index contributed by atoms with van der Waals surface area (Å²) >= 11 is 0. The first-order valence-electron chi connectivity index (χ1n) is 6.72. The van der Waals surface area contributed by atoms with E-state index in [2.05, 4.69) is 60.3 Å². The van der Waals surface area contributed by atoms with Crippen molar-refractivity contribution in [3.8, 4) is 0 Å². The van der Waals surface area contributed by atoms with Crippen molar-refractivity contribution in [2.45, 2.75) is 25.8 Å². The van der Waals surface area contributed by atoms with E-state index in [0.29, 0.717) is 5.92 Å². The molecule has 1 unspecified atom stereocenters. The molecule has 2 aromatic rings. The van der Waals surface area contributed by atoms with E-state index in [1.54, 1.807) is 0 Å². The number of H-pyrrole nitrogens is 1. The molecule has 3 rings (SSSR count). The molecule has 1 atom stereocenters. The number of benzene rings is 1. The van der Waals surface area contributed by atoms with Gasteiger partial charge in [-0.3, -0.25) is 4.90 Å². The number of nitrogens with one attached hydrogen (secondary N) is 1. The van der Waals surface area contributed by atoms with E-state index >= 15 is 0 Å². The van der Waals surface area contributed by atoms with Crippen molar-refractivity contribution >= 4 is 0 Å². The van der Waals surface area contributed by atoms with Gasteiger partial charge in [-0.25, -0.2) is 0 Å². The van der Waals surface area contributed by atoms with Crippen LogP contribution < -0.4 is 0 Å². The Morgan fingerprint density at radius 3 is 2.78 bits per heavy atom. The zero-order chi connectivity index (χ0) is 12.5. The third-order valence-corrected chi connectivity index (χ3v) is 3.87. The number of fused-ring (bicyclic) bond motifs is 1. The Morgan fingerprint density at radius 1 is 1.28 bits per heavy atom. The summed E-state index contributed by atoms with van der Waals surface area (Å²) in [5, 5.41) is 0. The number of aryl methyl sites for hydroxylation is 1. The molecule has 0 fully saturated rings. The molecule has 0 bridgehead atoms. The van der Waals surface area contributed by atoms with Crippen molar-refractivity contribution in [2.75, 3.05) is 13.6 Å². The molecule has 1 N–H and O–H groups in total. The van der Waals surface area contributed by atoms with Gasteiger partial charge in [0.25, 0.3) is 0 Å². The Labute approximate surface area is 109 Å². The quantitative estimate of drug-likeness (QED) is 0.854. The molecule has 2 heteroatoms. The second-order valence-electron chi connectivity index (χ2n) is 5.24. The van der Waals surface area contributed by atoms with Crippen LogP contribution in [0.1, 0.15) is 35.4 Å². The number of hydrogen-bond acceptors (Lipinski definition) is 1. The van der Waals surface area contributed by atoms with E-state index in [4.69, 9.17) is 0 Å². The molecule has 2 heterocycles. The van der Waals surface area contributed by atoms with Gasteiger partial charge in [0, 0.05) is 30.4 Å². The Kier molecular flexibility index (Phi) is 2.96. The second kappa shape index (κ2) is 4.62. The fourth-order valence-electron chi connectivity index (χ4n) is 2.92. The van der Waals surface area contributed by atoms with Gasteiger partial charge in [-0.2, -0.15) is 0 Å². The van der Waals surface area contributed by atoms with Crippen LogP contribution in [0.25, 0.3) is 0 Å². The number of aromatic amines is 1. The lowest BCUT2D eigenvalue weighted by molar-refractivity contribution is 0.292. The highest BCUT2D eigenvalue weighted by Gasteiger charge is 2.26. The molecule has 2 nitrogen and oxygen atoms in total. The van der Waals surface area contributed by atoms with E-state index in [1.165, 1.54) is 22.5 Å². The number of likely N-dealkylation sites (N-methyl/N-ethyl adjacent to an activating group) is 1. The van der Waals surface area contributed by atoms with Gasteiger partial charge in [0.1, 0.15) is 0 Å². The molecule has 18 heavy (non-hydrogen) atoms. The summed E-state index contributed by atoms with van der Waals surface area (Å²) in [7, 11) is 2.20. The Balaban J connectivity index is 2.04. The summed E-state index contributed by atoms with van der Waals surface area (Å²) in [6.45, 7) is 4.36. The van der Waals surface area contributed by atoms with Crippen LogP contribution in [0.15, 0.2) is 36.4 Å². The van der Waals surface area contributed by atoms with Gasteiger partial charge < -0.3 is 4.98 Å². The molecule has 1 aliphatic heterocycles. The van der Waals surface area contributed by atoms with Crippen molar-refractivity contribution in [1.82, 2.24) is 9.88 Å². The molecule has 94 valence electrons. The van der Waals surface area contributed by atoms with Crippen LogP contribution in [0.4, 0.5) is 0 Å². The minimum Gasteiger partial charge on any atom is -0.361 e. The first-order chi connectivity index (χ1) is 8.78. The first kappa shape index (κ1) is 11.5. The largest absolute Gasteiger partial charge is 0.361 e. The van der Waals surface area contributed by atoms with Crippen LogP contribution >= 0.6 is 0 Å². The minimum atomic E-state index is 0.511. The lowest BCUT2D eigenvalue weighted by Gasteiger charge is -2.30. The SMILES string of the molecule is CCc1cc2c([nH]1)CN(C)CC2c1ccccc1. The zero-order valence-corrected chi connectivity index (χ0v) is 11.1. The second-order valence-corrected chi connectivity index (χ2v) is 5.24. The first-order valence-corrected chi connectivity index (χ1v) is 6.72. The Morgan fingerprint density at radius 2 is 2.06 bits per heavy atom. The normalized spacial score (nSPS) is 19.8. The standard InChI is InChI=1S/C16H20N2/c1-3-13-9-14-15(12-7-5-4-6-8-12)10-18(2)11-16(14)17-13/h4-9,15,17H,3,10-11H2,1-2H3. The van der Waals surface area contributed by atoms with Crippen molar-refractivity contribution in [3.63, 3.8) is 0 Å². The molecule has 0 aliphatic carbocycles. The molecule has 0 radical (unpaired) electrons. The molecular weight excluding hydrogens is 220 g/mol. The van der Waals surface area contributed by atoms with Crippen LogP contribution in [0.5, 0.6) is 0 Å². The van der Waals surface area contributed by atoms with E-state index in [-0.39, 0.29) is 0 Å². The van der Waals surface area contributed by atoms with Crippen molar-refractivity contribution in [1.29, 1.82) is 0 Å². The molecule has 1 aliphatic rings. The van der Waals surface area contributed by atoms with Gasteiger partial charge in [0.2, 0.25) is 0 Å². The molecule has 0 saturated heterocycles. The summed E-state index contributed by atoms with van der Waals surface area (Å²) in [6, 6.07) is 13.2. The lowest BCUT2D eigenvalue weighted by atomic mass is 9.88. The van der Waals surface area contributed by atoms with Crippen LogP contribution in [-0.2, 0) is 13.0 Å². The van der Waals surface area contributed by atoms with E-state index in [0.717, 1.165) is 19.5 Å². The average Bonchev–Trinajstić information content (AvgIpc) is 2.81. The highest BCUT2D eigenvalue weighted by molar-refractivity contribution is 5.39. The maximum Gasteiger partial charge on any atom is 0.0385 e. The maximum absolute atomic E-state index is 3.57. The highest BCUT2D eigenvalue weighted by Crippen LogP contribution is 2.33. The predicted octanol–water partition coefficient (Wildman–Crippen LogP) is 3.15. The van der Waals surface area contributed by atoms with Crippen molar-refractivity contribution < 1.29 is 0 Å². The summed E-state index contributed by atoms with van der Waals surface area (Å²) in [4.78, 5) is 5.97. The molecule has 1 aromatic carbocycles. The van der Waals surface area contributed by atoms with E-state index in [1.807, 2.05) is 0 Å². The fourth-order valence-corrected chi connectivity index (χ4v) is 2.92. The number of nitrogens with zero attached hydrogens (tertiary/aromatic N) is 1. The molecule has 0 spiro atoms. The number of hydrogen-bond donors (Lipinski definition) is 1. The maximum atomic E-state index is 3.57. The predicted molar refractivity (Wildman–Crippen MR) is 74.8 cm³/mol. The Hall–Kier alpha value is -1.54. The third-order valence-electron chi connectivity index (χ3n) is 3.87. The van der Waals surface area contributed by atoms with Gasteiger partial charge in [0.05, 0.1) is 0 Å². The zero-order valence-electron chi connectivity index (χ0n) is 11.1. The molecular formula is C16H20N2. The van der Waals surface area contributed by atoms with Gasteiger partial charge in [-0.05, 0) is 30.7 Å². The topological polar surface area (TPSA) is 19.0 Å². The van der Waals surface area contributed by atoms with E-state index in [9.17, 15) is 0 Å². The van der Waals surface area contributed by atoms with Crippen LogP contribution in [-0.4, -0.2) is 23.5 Å². The highest BCUT2D eigenvalue weighted by atomic mass is 15.1. The average molecular weight is 240 g/mol. The summed E-state index contributed by atoms with van der Waals surface area (Å²) in [5.74, 6) is 0.511.